The van der Waals surface area contributed by atoms with Crippen LogP contribution in [0.4, 0.5) is 5.82 Å². The zero-order valence-corrected chi connectivity index (χ0v) is 23.4. The Morgan fingerprint density at radius 1 is 1.13 bits per heavy atom. The van der Waals surface area contributed by atoms with Gasteiger partial charge in [0.1, 0.15) is 24.2 Å². The number of carbonyl (C=O) groups excluding carboxylic acids is 3. The van der Waals surface area contributed by atoms with Crippen LogP contribution in [0, 0.1) is 6.92 Å². The molecule has 1 aliphatic heterocycles. The highest BCUT2D eigenvalue weighted by atomic mass is 31.2. The second-order valence-electron chi connectivity index (χ2n) is 9.17. The summed E-state index contributed by atoms with van der Waals surface area (Å²) >= 11 is 0. The molecule has 0 spiro atoms. The van der Waals surface area contributed by atoms with E-state index < -0.39 is 13.6 Å². The summed E-state index contributed by atoms with van der Waals surface area (Å²) in [7, 11) is -3.42. The Balaban J connectivity index is 1.48. The molecule has 39 heavy (non-hydrogen) atoms. The van der Waals surface area contributed by atoms with E-state index in [9.17, 15) is 18.9 Å². The maximum absolute atomic E-state index is 13.2. The Kier molecular flexibility index (Phi) is 8.84. The number of ether oxygens (including phenoxy) is 1. The molecule has 2 aromatic heterocycles. The Bertz CT molecular complexity index is 1430. The molecule has 1 aromatic carbocycles. The molecule has 1 saturated heterocycles. The van der Waals surface area contributed by atoms with Crippen molar-refractivity contribution < 1.29 is 32.7 Å². The number of amides is 2. The number of nitrogens with zero attached hydrogens (tertiary/aromatic N) is 3. The topological polar surface area (TPSA) is 129 Å². The number of aryl methyl sites for hydroxylation is 1. The smallest absolute Gasteiger partial charge is 0.367 e. The van der Waals surface area contributed by atoms with Crippen LogP contribution in [0.3, 0.4) is 0 Å². The van der Waals surface area contributed by atoms with Crippen molar-refractivity contribution in [1.29, 1.82) is 0 Å². The molecule has 0 radical (unpaired) electrons. The number of hydrogen-bond acceptors (Lipinski definition) is 8. The predicted octanol–water partition coefficient (Wildman–Crippen LogP) is 4.39. The summed E-state index contributed by atoms with van der Waals surface area (Å²) < 4.78 is 30.7. The Labute approximate surface area is 227 Å². The summed E-state index contributed by atoms with van der Waals surface area (Å²) in [6.45, 7) is 7.58. The van der Waals surface area contributed by atoms with Gasteiger partial charge in [-0.15, -0.1) is 0 Å². The number of carbonyl (C=O) groups is 3. The fourth-order valence-electron chi connectivity index (χ4n) is 4.45. The van der Waals surface area contributed by atoms with E-state index in [0.717, 1.165) is 5.69 Å². The minimum absolute atomic E-state index is 0.0413. The first-order valence-electron chi connectivity index (χ1n) is 12.8. The zero-order chi connectivity index (χ0) is 28.2. The molecule has 208 valence electrons. The molecule has 1 N–H and O–H groups in total. The molecular weight excluding hydrogens is 523 g/mol. The van der Waals surface area contributed by atoms with E-state index in [0.29, 0.717) is 41.0 Å². The van der Waals surface area contributed by atoms with Gasteiger partial charge in [-0.05, 0) is 64.4 Å². The Hall–Kier alpha value is -3.53. The SMILES string of the molecule is CCOP(=O)(COc1ccc2c(c1)c(C(C)=O)cn2CC(=O)N1CC[C@H]1C(=O)Nc1cccc(C)n1)OCC. The van der Waals surface area contributed by atoms with Crippen LogP contribution < -0.4 is 10.1 Å². The van der Waals surface area contributed by atoms with Crippen LogP contribution >= 0.6 is 7.60 Å². The summed E-state index contributed by atoms with van der Waals surface area (Å²) in [5.41, 5.74) is 1.86. The molecular formula is C27H33N4O7P. The van der Waals surface area contributed by atoms with Crippen molar-refractivity contribution in [2.75, 3.05) is 31.4 Å². The van der Waals surface area contributed by atoms with Crippen LogP contribution in [0.15, 0.2) is 42.6 Å². The molecule has 1 atom stereocenters. The molecule has 3 heterocycles. The van der Waals surface area contributed by atoms with Gasteiger partial charge in [0.15, 0.2) is 12.1 Å². The standard InChI is InChI=1S/C27H33N4O7P/c1-5-37-39(35,38-6-2)17-36-20-10-11-23-21(14-20)22(19(4)32)15-30(23)16-26(33)31-13-12-24(31)27(34)29-25-9-7-8-18(3)28-25/h7-11,14-15,24H,5-6,12-13,16-17H2,1-4H3,(H,28,29,34)/t24-/m0/s1. The van der Waals surface area contributed by atoms with Gasteiger partial charge >= 0.3 is 7.60 Å². The van der Waals surface area contributed by atoms with Crippen molar-refractivity contribution in [1.82, 2.24) is 14.5 Å². The number of benzene rings is 1. The molecule has 12 heteroatoms. The Morgan fingerprint density at radius 3 is 2.49 bits per heavy atom. The maximum Gasteiger partial charge on any atom is 0.367 e. The average Bonchev–Trinajstić information content (AvgIpc) is 3.20. The van der Waals surface area contributed by atoms with E-state index in [4.69, 9.17) is 13.8 Å². The highest BCUT2D eigenvalue weighted by Crippen LogP contribution is 2.48. The van der Waals surface area contributed by atoms with Gasteiger partial charge in [0.05, 0.1) is 13.2 Å². The van der Waals surface area contributed by atoms with Gasteiger partial charge in [-0.25, -0.2) is 4.98 Å². The number of pyridine rings is 1. The fraction of sp³-hybridized carbons (Fsp3) is 0.407. The molecule has 0 aliphatic carbocycles. The number of hydrogen-bond donors (Lipinski definition) is 1. The van der Waals surface area contributed by atoms with E-state index in [1.807, 2.05) is 13.0 Å². The van der Waals surface area contributed by atoms with Crippen LogP contribution in [0.25, 0.3) is 10.9 Å². The quantitative estimate of drug-likeness (QED) is 0.257. The summed E-state index contributed by atoms with van der Waals surface area (Å²) in [5.74, 6) is 0.133. The lowest BCUT2D eigenvalue weighted by molar-refractivity contribution is -0.145. The monoisotopic (exact) mass is 556 g/mol. The van der Waals surface area contributed by atoms with E-state index in [2.05, 4.69) is 10.3 Å². The van der Waals surface area contributed by atoms with Crippen molar-refractivity contribution in [3.8, 4) is 5.75 Å². The summed E-state index contributed by atoms with van der Waals surface area (Å²) in [6, 6.07) is 9.84. The number of ketones is 1. The number of aromatic nitrogens is 2. The number of rotatable bonds is 12. The van der Waals surface area contributed by atoms with Crippen LogP contribution in [0.5, 0.6) is 5.75 Å². The largest absolute Gasteiger partial charge is 0.481 e. The lowest BCUT2D eigenvalue weighted by atomic mass is 10.0. The molecule has 0 unspecified atom stereocenters. The lowest BCUT2D eigenvalue weighted by Gasteiger charge is -2.39. The van der Waals surface area contributed by atoms with Gasteiger partial charge < -0.3 is 28.6 Å². The summed E-state index contributed by atoms with van der Waals surface area (Å²) in [6.07, 6.45) is 1.92. The third-order valence-corrected chi connectivity index (χ3v) is 8.11. The van der Waals surface area contributed by atoms with Crippen LogP contribution in [0.2, 0.25) is 0 Å². The third-order valence-electron chi connectivity index (χ3n) is 6.36. The number of nitrogens with one attached hydrogen (secondary N) is 1. The van der Waals surface area contributed by atoms with E-state index in [1.165, 1.54) is 11.8 Å². The number of likely N-dealkylation sites (tertiary alicyclic amines) is 1. The summed E-state index contributed by atoms with van der Waals surface area (Å²) in [5, 5.41) is 3.38. The number of anilines is 1. The Morgan fingerprint density at radius 2 is 1.87 bits per heavy atom. The van der Waals surface area contributed by atoms with Crippen LogP contribution in [-0.4, -0.2) is 64.2 Å². The molecule has 2 amide bonds. The second-order valence-corrected chi connectivity index (χ2v) is 11.2. The number of fused-ring (bicyclic) bond motifs is 1. The van der Waals surface area contributed by atoms with Gasteiger partial charge in [-0.3, -0.25) is 18.9 Å². The van der Waals surface area contributed by atoms with Crippen molar-refractivity contribution in [2.45, 2.75) is 46.7 Å². The maximum atomic E-state index is 13.2. The minimum atomic E-state index is -3.42. The highest BCUT2D eigenvalue weighted by molar-refractivity contribution is 7.53. The van der Waals surface area contributed by atoms with Gasteiger partial charge in [-0.1, -0.05) is 6.07 Å². The highest BCUT2D eigenvalue weighted by Gasteiger charge is 2.37. The molecule has 1 fully saturated rings. The van der Waals surface area contributed by atoms with Crippen molar-refractivity contribution in [3.63, 3.8) is 0 Å². The van der Waals surface area contributed by atoms with Crippen LogP contribution in [0.1, 0.15) is 43.2 Å². The zero-order valence-electron chi connectivity index (χ0n) is 22.5. The van der Waals surface area contributed by atoms with Gasteiger partial charge in [-0.2, -0.15) is 0 Å². The second kappa shape index (κ2) is 12.1. The predicted molar refractivity (Wildman–Crippen MR) is 146 cm³/mol. The van der Waals surface area contributed by atoms with E-state index in [-0.39, 0.29) is 43.7 Å². The van der Waals surface area contributed by atoms with E-state index >= 15 is 0 Å². The minimum Gasteiger partial charge on any atom is -0.481 e. The lowest BCUT2D eigenvalue weighted by Crippen LogP contribution is -2.57. The normalized spacial score (nSPS) is 15.2. The van der Waals surface area contributed by atoms with Crippen molar-refractivity contribution in [3.05, 3.63) is 53.9 Å². The van der Waals surface area contributed by atoms with Gasteiger partial charge in [0.2, 0.25) is 11.8 Å². The van der Waals surface area contributed by atoms with E-state index in [1.54, 1.807) is 54.9 Å². The van der Waals surface area contributed by atoms with Gasteiger partial charge in [0, 0.05) is 34.9 Å². The summed E-state index contributed by atoms with van der Waals surface area (Å²) in [4.78, 5) is 44.2. The molecule has 0 bridgehead atoms. The number of Topliss-reactive ketones (excluding diaryl/α,β-unsaturated/α-hetero) is 1. The van der Waals surface area contributed by atoms with Crippen molar-refractivity contribution in [2.24, 2.45) is 0 Å². The fourth-order valence-corrected chi connectivity index (χ4v) is 5.77. The molecule has 1 aliphatic rings. The first kappa shape index (κ1) is 28.5. The first-order chi connectivity index (χ1) is 18.6. The van der Waals surface area contributed by atoms with Crippen LogP contribution in [-0.2, 0) is 29.7 Å². The van der Waals surface area contributed by atoms with Gasteiger partial charge in [0.25, 0.3) is 0 Å². The van der Waals surface area contributed by atoms with Crippen molar-refractivity contribution >= 4 is 41.9 Å². The molecule has 0 saturated carbocycles. The first-order valence-corrected chi connectivity index (χ1v) is 14.6. The molecule has 11 nitrogen and oxygen atoms in total. The third kappa shape index (κ3) is 6.55. The molecule has 4 rings (SSSR count). The average molecular weight is 557 g/mol. The molecule has 3 aromatic rings.